The van der Waals surface area contributed by atoms with Gasteiger partial charge in [-0.3, -0.25) is 4.79 Å². The summed E-state index contributed by atoms with van der Waals surface area (Å²) < 4.78 is 6.59. The molecule has 0 radical (unpaired) electrons. The SMILES string of the molecule is O=C(NCC1(c2ccc(Br)cc2)CCC1)C1CNCCO1. The van der Waals surface area contributed by atoms with Gasteiger partial charge in [0.25, 0.3) is 0 Å². The molecule has 0 spiro atoms. The molecule has 1 saturated heterocycles. The van der Waals surface area contributed by atoms with Crippen LogP contribution in [0.2, 0.25) is 0 Å². The van der Waals surface area contributed by atoms with E-state index in [1.807, 2.05) is 0 Å². The number of morpholine rings is 1. The summed E-state index contributed by atoms with van der Waals surface area (Å²) >= 11 is 3.47. The number of ether oxygens (including phenoxy) is 1. The molecule has 1 aliphatic carbocycles. The van der Waals surface area contributed by atoms with Gasteiger partial charge >= 0.3 is 0 Å². The van der Waals surface area contributed by atoms with Crippen molar-refractivity contribution in [2.45, 2.75) is 30.8 Å². The Morgan fingerprint density at radius 2 is 2.14 bits per heavy atom. The number of halogens is 1. The average Bonchev–Trinajstić information content (AvgIpc) is 2.48. The van der Waals surface area contributed by atoms with Crippen molar-refractivity contribution in [1.82, 2.24) is 10.6 Å². The van der Waals surface area contributed by atoms with Crippen molar-refractivity contribution >= 4 is 21.8 Å². The number of amides is 1. The molecule has 2 fully saturated rings. The van der Waals surface area contributed by atoms with E-state index in [9.17, 15) is 4.79 Å². The molecule has 114 valence electrons. The van der Waals surface area contributed by atoms with E-state index in [1.54, 1.807) is 0 Å². The first-order chi connectivity index (χ1) is 10.2. The Kier molecular flexibility index (Phi) is 4.62. The fourth-order valence-electron chi connectivity index (χ4n) is 3.08. The second-order valence-electron chi connectivity index (χ2n) is 5.92. The standard InChI is InChI=1S/C16H21BrN2O2/c17-13-4-2-12(3-5-13)16(6-1-7-16)11-19-15(20)14-10-18-8-9-21-14/h2-5,14,18H,1,6-11H2,(H,19,20). The average molecular weight is 353 g/mol. The van der Waals surface area contributed by atoms with Crippen LogP contribution in [-0.4, -0.2) is 38.3 Å². The van der Waals surface area contributed by atoms with Crippen LogP contribution in [0.3, 0.4) is 0 Å². The number of hydrogen-bond donors (Lipinski definition) is 2. The lowest BCUT2D eigenvalue weighted by Gasteiger charge is -2.43. The second kappa shape index (κ2) is 6.46. The minimum atomic E-state index is -0.346. The van der Waals surface area contributed by atoms with E-state index in [0.29, 0.717) is 19.7 Å². The Morgan fingerprint density at radius 3 is 2.71 bits per heavy atom. The summed E-state index contributed by atoms with van der Waals surface area (Å²) in [5, 5.41) is 6.28. The van der Waals surface area contributed by atoms with Crippen molar-refractivity contribution in [3.63, 3.8) is 0 Å². The van der Waals surface area contributed by atoms with Gasteiger partial charge in [-0.25, -0.2) is 0 Å². The molecule has 1 amide bonds. The molecular weight excluding hydrogens is 332 g/mol. The zero-order chi connectivity index (χ0) is 14.7. The van der Waals surface area contributed by atoms with Gasteiger partial charge in [-0.2, -0.15) is 0 Å². The predicted octanol–water partition coefficient (Wildman–Crippen LogP) is 1.98. The fourth-order valence-corrected chi connectivity index (χ4v) is 3.34. The number of benzene rings is 1. The lowest BCUT2D eigenvalue weighted by Crippen LogP contribution is -2.52. The molecule has 4 nitrogen and oxygen atoms in total. The van der Waals surface area contributed by atoms with Crippen molar-refractivity contribution in [2.24, 2.45) is 0 Å². The lowest BCUT2D eigenvalue weighted by atomic mass is 9.64. The van der Waals surface area contributed by atoms with Crippen molar-refractivity contribution in [3.05, 3.63) is 34.3 Å². The van der Waals surface area contributed by atoms with Crippen LogP contribution >= 0.6 is 15.9 Å². The quantitative estimate of drug-likeness (QED) is 0.870. The maximum absolute atomic E-state index is 12.2. The molecule has 1 aromatic rings. The summed E-state index contributed by atoms with van der Waals surface area (Å²) in [5.74, 6) is 0.00517. The number of hydrogen-bond acceptors (Lipinski definition) is 3. The third-order valence-electron chi connectivity index (χ3n) is 4.59. The molecule has 1 unspecified atom stereocenters. The summed E-state index contributed by atoms with van der Waals surface area (Å²) in [6.45, 7) is 2.74. The topological polar surface area (TPSA) is 50.4 Å². The van der Waals surface area contributed by atoms with Gasteiger partial charge in [0.2, 0.25) is 5.91 Å². The van der Waals surface area contributed by atoms with Crippen LogP contribution in [0.4, 0.5) is 0 Å². The van der Waals surface area contributed by atoms with Gasteiger partial charge in [-0.15, -0.1) is 0 Å². The van der Waals surface area contributed by atoms with Crippen molar-refractivity contribution in [3.8, 4) is 0 Å². The monoisotopic (exact) mass is 352 g/mol. The summed E-state index contributed by atoms with van der Waals surface area (Å²) in [4.78, 5) is 12.2. The first-order valence-corrected chi connectivity index (χ1v) is 8.35. The van der Waals surface area contributed by atoms with Gasteiger partial charge in [0.15, 0.2) is 0 Å². The van der Waals surface area contributed by atoms with Crippen LogP contribution in [0.25, 0.3) is 0 Å². The largest absolute Gasteiger partial charge is 0.366 e. The van der Waals surface area contributed by atoms with Crippen LogP contribution < -0.4 is 10.6 Å². The van der Waals surface area contributed by atoms with Gasteiger partial charge in [-0.05, 0) is 30.5 Å². The maximum atomic E-state index is 12.2. The van der Waals surface area contributed by atoms with Crippen LogP contribution in [0, 0.1) is 0 Å². The molecule has 5 heteroatoms. The third kappa shape index (κ3) is 3.30. The summed E-state index contributed by atoms with van der Waals surface area (Å²) in [5.41, 5.74) is 1.43. The van der Waals surface area contributed by atoms with Gasteiger partial charge in [-0.1, -0.05) is 34.5 Å². The highest BCUT2D eigenvalue weighted by Gasteiger charge is 2.39. The zero-order valence-corrected chi connectivity index (χ0v) is 13.6. The first-order valence-electron chi connectivity index (χ1n) is 7.56. The fraction of sp³-hybridized carbons (Fsp3) is 0.562. The minimum absolute atomic E-state index is 0.00517. The Balaban J connectivity index is 1.61. The van der Waals surface area contributed by atoms with Gasteiger partial charge in [0.05, 0.1) is 6.61 Å². The molecule has 1 heterocycles. The summed E-state index contributed by atoms with van der Waals surface area (Å²) in [6.07, 6.45) is 3.16. The van der Waals surface area contributed by atoms with Gasteiger partial charge in [0.1, 0.15) is 6.10 Å². The maximum Gasteiger partial charge on any atom is 0.250 e. The molecule has 0 bridgehead atoms. The third-order valence-corrected chi connectivity index (χ3v) is 5.12. The van der Waals surface area contributed by atoms with Gasteiger partial charge in [0, 0.05) is 29.5 Å². The van der Waals surface area contributed by atoms with E-state index in [-0.39, 0.29) is 17.4 Å². The number of nitrogens with one attached hydrogen (secondary N) is 2. The number of carbonyl (C=O) groups is 1. The molecule has 1 atom stereocenters. The Morgan fingerprint density at radius 1 is 1.38 bits per heavy atom. The van der Waals surface area contributed by atoms with Crippen LogP contribution in [0.15, 0.2) is 28.7 Å². The molecule has 21 heavy (non-hydrogen) atoms. The van der Waals surface area contributed by atoms with Crippen LogP contribution in [0.1, 0.15) is 24.8 Å². The van der Waals surface area contributed by atoms with E-state index < -0.39 is 0 Å². The van der Waals surface area contributed by atoms with E-state index in [2.05, 4.69) is 50.8 Å². The molecule has 1 aromatic carbocycles. The zero-order valence-electron chi connectivity index (χ0n) is 12.0. The molecule has 2 aliphatic rings. The van der Waals surface area contributed by atoms with E-state index in [0.717, 1.165) is 23.9 Å². The van der Waals surface area contributed by atoms with Crippen LogP contribution in [0.5, 0.6) is 0 Å². The number of carbonyl (C=O) groups excluding carboxylic acids is 1. The molecule has 3 rings (SSSR count). The normalized spacial score (nSPS) is 24.1. The molecule has 2 N–H and O–H groups in total. The predicted molar refractivity (Wildman–Crippen MR) is 85.3 cm³/mol. The van der Waals surface area contributed by atoms with E-state index >= 15 is 0 Å². The van der Waals surface area contributed by atoms with E-state index in [4.69, 9.17) is 4.74 Å². The Hall–Kier alpha value is -0.910. The van der Waals surface area contributed by atoms with Crippen molar-refractivity contribution in [1.29, 1.82) is 0 Å². The van der Waals surface area contributed by atoms with Crippen molar-refractivity contribution in [2.75, 3.05) is 26.2 Å². The van der Waals surface area contributed by atoms with Crippen molar-refractivity contribution < 1.29 is 9.53 Å². The highest BCUT2D eigenvalue weighted by atomic mass is 79.9. The molecule has 1 saturated carbocycles. The lowest BCUT2D eigenvalue weighted by molar-refractivity contribution is -0.134. The molecular formula is C16H21BrN2O2. The second-order valence-corrected chi connectivity index (χ2v) is 6.84. The molecule has 1 aliphatic heterocycles. The minimum Gasteiger partial charge on any atom is -0.366 e. The summed E-state index contributed by atoms with van der Waals surface area (Å²) in [6, 6.07) is 8.47. The highest BCUT2D eigenvalue weighted by Crippen LogP contribution is 2.43. The molecule has 0 aromatic heterocycles. The Labute approximate surface area is 133 Å². The van der Waals surface area contributed by atoms with E-state index in [1.165, 1.54) is 12.0 Å². The smallest absolute Gasteiger partial charge is 0.250 e. The van der Waals surface area contributed by atoms with Gasteiger partial charge < -0.3 is 15.4 Å². The first kappa shape index (κ1) is 15.0. The number of rotatable bonds is 4. The summed E-state index contributed by atoms with van der Waals surface area (Å²) in [7, 11) is 0. The Bertz CT molecular complexity index is 494. The van der Waals surface area contributed by atoms with Crippen LogP contribution in [-0.2, 0) is 14.9 Å². The highest BCUT2D eigenvalue weighted by molar-refractivity contribution is 9.10.